The molecule has 0 aliphatic heterocycles. The molecule has 0 unspecified atom stereocenters. The molecular weight excluding hydrogens is 206 g/mol. The topological polar surface area (TPSA) is 59.9 Å². The smallest absolute Gasteiger partial charge is 0.358 e. The van der Waals surface area contributed by atoms with Gasteiger partial charge in [0.1, 0.15) is 0 Å². The van der Waals surface area contributed by atoms with Crippen molar-refractivity contribution in [2.24, 2.45) is 0 Å². The highest BCUT2D eigenvalue weighted by molar-refractivity contribution is 5.13. The first-order valence-corrected chi connectivity index (χ1v) is 4.79. The van der Waals surface area contributed by atoms with E-state index < -0.39 is 4.92 Å². The van der Waals surface area contributed by atoms with E-state index in [4.69, 9.17) is 0 Å². The van der Waals surface area contributed by atoms with Gasteiger partial charge in [-0.25, -0.2) is 0 Å². The summed E-state index contributed by atoms with van der Waals surface area (Å²) in [5, 5.41) is 10.5. The zero-order valence-corrected chi connectivity index (χ0v) is 8.48. The SMILES string of the molecule is O=[N+]([O-])c1c[n+](Cc2ccccc2)ccn1. The van der Waals surface area contributed by atoms with Crippen LogP contribution in [0.3, 0.4) is 0 Å². The number of nitro groups is 1. The molecule has 5 nitrogen and oxygen atoms in total. The van der Waals surface area contributed by atoms with Gasteiger partial charge in [-0.3, -0.25) is 0 Å². The van der Waals surface area contributed by atoms with E-state index in [0.29, 0.717) is 6.54 Å². The fourth-order valence-electron chi connectivity index (χ4n) is 1.41. The van der Waals surface area contributed by atoms with Gasteiger partial charge in [0.15, 0.2) is 6.54 Å². The normalized spacial score (nSPS) is 10.0. The van der Waals surface area contributed by atoms with Crippen molar-refractivity contribution in [2.75, 3.05) is 0 Å². The molecule has 1 aromatic heterocycles. The molecule has 2 aromatic rings. The first-order valence-electron chi connectivity index (χ1n) is 4.79. The molecule has 0 N–H and O–H groups in total. The minimum atomic E-state index is -0.499. The third-order valence-corrected chi connectivity index (χ3v) is 2.14. The Kier molecular flexibility index (Phi) is 2.86. The predicted molar refractivity (Wildman–Crippen MR) is 56.6 cm³/mol. The molecule has 0 aliphatic carbocycles. The van der Waals surface area contributed by atoms with Crippen LogP contribution in [-0.2, 0) is 6.54 Å². The standard InChI is InChI=1S/C11H10N3O2/c15-14(16)11-9-13(7-6-12-11)8-10-4-2-1-3-5-10/h1-7,9H,8H2/q+1. The van der Waals surface area contributed by atoms with Crippen molar-refractivity contribution in [3.05, 3.63) is 64.6 Å². The van der Waals surface area contributed by atoms with Crippen molar-refractivity contribution >= 4 is 5.82 Å². The second-order valence-electron chi connectivity index (χ2n) is 3.33. The summed E-state index contributed by atoms with van der Waals surface area (Å²) in [6, 6.07) is 9.75. The molecule has 0 saturated heterocycles. The average molecular weight is 216 g/mol. The maximum atomic E-state index is 10.5. The summed E-state index contributed by atoms with van der Waals surface area (Å²) in [6.07, 6.45) is 4.56. The molecule has 0 spiro atoms. The van der Waals surface area contributed by atoms with Crippen molar-refractivity contribution in [3.63, 3.8) is 0 Å². The number of hydrogen-bond acceptors (Lipinski definition) is 3. The Balaban J connectivity index is 2.22. The van der Waals surface area contributed by atoms with Crippen LogP contribution in [0.2, 0.25) is 0 Å². The van der Waals surface area contributed by atoms with Gasteiger partial charge in [-0.1, -0.05) is 30.3 Å². The van der Waals surface area contributed by atoms with Crippen LogP contribution in [0.25, 0.3) is 0 Å². The number of rotatable bonds is 3. The Morgan fingerprint density at radius 2 is 2.06 bits per heavy atom. The van der Waals surface area contributed by atoms with Gasteiger partial charge in [0, 0.05) is 5.56 Å². The molecule has 0 aliphatic rings. The Labute approximate surface area is 92.2 Å². The van der Waals surface area contributed by atoms with E-state index >= 15 is 0 Å². The lowest BCUT2D eigenvalue weighted by Gasteiger charge is -1.96. The quantitative estimate of drug-likeness (QED) is 0.441. The highest BCUT2D eigenvalue weighted by Gasteiger charge is 2.13. The number of benzene rings is 1. The van der Waals surface area contributed by atoms with Gasteiger partial charge in [0.2, 0.25) is 12.4 Å². The van der Waals surface area contributed by atoms with Crippen LogP contribution in [0.5, 0.6) is 0 Å². The highest BCUT2D eigenvalue weighted by Crippen LogP contribution is 2.01. The van der Waals surface area contributed by atoms with Crippen molar-refractivity contribution in [1.29, 1.82) is 0 Å². The van der Waals surface area contributed by atoms with Gasteiger partial charge in [-0.2, -0.15) is 4.57 Å². The maximum absolute atomic E-state index is 10.5. The fourth-order valence-corrected chi connectivity index (χ4v) is 1.41. The summed E-state index contributed by atoms with van der Waals surface area (Å²) >= 11 is 0. The summed E-state index contributed by atoms with van der Waals surface area (Å²) in [5.41, 5.74) is 1.09. The third kappa shape index (κ3) is 2.38. The molecule has 1 heterocycles. The average Bonchev–Trinajstić information content (AvgIpc) is 2.30. The monoisotopic (exact) mass is 216 g/mol. The van der Waals surface area contributed by atoms with Crippen molar-refractivity contribution < 1.29 is 9.49 Å². The van der Waals surface area contributed by atoms with Gasteiger partial charge in [0.05, 0.1) is 0 Å². The second kappa shape index (κ2) is 4.48. The molecule has 0 radical (unpaired) electrons. The Morgan fingerprint density at radius 3 is 2.75 bits per heavy atom. The molecule has 16 heavy (non-hydrogen) atoms. The molecule has 0 bridgehead atoms. The molecule has 0 amide bonds. The molecule has 2 rings (SSSR count). The van der Waals surface area contributed by atoms with Gasteiger partial charge in [0.25, 0.3) is 6.20 Å². The molecule has 0 fully saturated rings. The van der Waals surface area contributed by atoms with Crippen LogP contribution in [-0.4, -0.2) is 9.91 Å². The van der Waals surface area contributed by atoms with Crippen LogP contribution >= 0.6 is 0 Å². The first-order chi connectivity index (χ1) is 7.75. The lowest BCUT2D eigenvalue weighted by molar-refractivity contribution is -0.691. The van der Waals surface area contributed by atoms with Gasteiger partial charge in [-0.05, 0) is 9.91 Å². The Hall–Kier alpha value is -2.30. The summed E-state index contributed by atoms with van der Waals surface area (Å²) < 4.78 is 1.74. The number of aromatic nitrogens is 2. The molecular formula is C11H10N3O2+. The van der Waals surface area contributed by atoms with Crippen LogP contribution in [0.15, 0.2) is 48.9 Å². The van der Waals surface area contributed by atoms with Crippen molar-refractivity contribution in [3.8, 4) is 0 Å². The third-order valence-electron chi connectivity index (χ3n) is 2.14. The predicted octanol–water partition coefficient (Wildman–Crippen LogP) is 1.33. The minimum absolute atomic E-state index is 0.140. The summed E-state index contributed by atoms with van der Waals surface area (Å²) in [4.78, 5) is 13.7. The lowest BCUT2D eigenvalue weighted by atomic mass is 10.2. The summed E-state index contributed by atoms with van der Waals surface area (Å²) in [7, 11) is 0. The second-order valence-corrected chi connectivity index (χ2v) is 3.33. The minimum Gasteiger partial charge on any atom is -0.358 e. The zero-order valence-electron chi connectivity index (χ0n) is 8.48. The van der Waals surface area contributed by atoms with Crippen LogP contribution < -0.4 is 4.57 Å². The van der Waals surface area contributed by atoms with Gasteiger partial charge in [-0.15, -0.1) is 0 Å². The molecule has 1 aromatic carbocycles. The molecule has 5 heteroatoms. The number of nitrogens with zero attached hydrogens (tertiary/aromatic N) is 3. The zero-order chi connectivity index (χ0) is 11.4. The molecule has 80 valence electrons. The van der Waals surface area contributed by atoms with E-state index in [0.717, 1.165) is 5.56 Å². The Bertz CT molecular complexity index is 500. The van der Waals surface area contributed by atoms with E-state index in [2.05, 4.69) is 4.98 Å². The lowest BCUT2D eigenvalue weighted by Crippen LogP contribution is -2.33. The van der Waals surface area contributed by atoms with Crippen molar-refractivity contribution in [1.82, 2.24) is 4.98 Å². The summed E-state index contributed by atoms with van der Waals surface area (Å²) in [5.74, 6) is -0.140. The van der Waals surface area contributed by atoms with Gasteiger partial charge >= 0.3 is 5.82 Å². The largest absolute Gasteiger partial charge is 0.428 e. The number of hydrogen-bond donors (Lipinski definition) is 0. The first kappa shape index (κ1) is 10.2. The van der Waals surface area contributed by atoms with E-state index in [1.165, 1.54) is 12.4 Å². The van der Waals surface area contributed by atoms with Crippen LogP contribution in [0, 0.1) is 10.1 Å². The molecule has 0 atom stereocenters. The highest BCUT2D eigenvalue weighted by atomic mass is 16.6. The van der Waals surface area contributed by atoms with Crippen LogP contribution in [0.1, 0.15) is 5.56 Å². The van der Waals surface area contributed by atoms with E-state index in [9.17, 15) is 10.1 Å². The van der Waals surface area contributed by atoms with E-state index in [-0.39, 0.29) is 5.82 Å². The van der Waals surface area contributed by atoms with Gasteiger partial charge < -0.3 is 10.1 Å². The van der Waals surface area contributed by atoms with Crippen LogP contribution in [0.4, 0.5) is 5.82 Å². The Morgan fingerprint density at radius 1 is 1.31 bits per heavy atom. The molecule has 0 saturated carbocycles. The summed E-state index contributed by atoms with van der Waals surface area (Å²) in [6.45, 7) is 0.601. The maximum Gasteiger partial charge on any atom is 0.428 e. The van der Waals surface area contributed by atoms with Crippen molar-refractivity contribution in [2.45, 2.75) is 6.54 Å². The van der Waals surface area contributed by atoms with E-state index in [1.54, 1.807) is 10.8 Å². The van der Waals surface area contributed by atoms with E-state index in [1.807, 2.05) is 30.3 Å². The fraction of sp³-hybridized carbons (Fsp3) is 0.0909.